The molecule has 1 amide bonds. The molecule has 0 spiro atoms. The van der Waals surface area contributed by atoms with Gasteiger partial charge in [-0.3, -0.25) is 14.8 Å². The normalized spacial score (nSPS) is 13.7. The Morgan fingerprint density at radius 3 is 2.59 bits per heavy atom. The van der Waals surface area contributed by atoms with Gasteiger partial charge in [-0.15, -0.1) is 0 Å². The average molecular weight is 507 g/mol. The second kappa shape index (κ2) is 10.4. The molecule has 4 aromatic rings. The van der Waals surface area contributed by atoms with Crippen molar-refractivity contribution in [1.29, 1.82) is 0 Å². The van der Waals surface area contributed by atoms with Crippen molar-refractivity contribution < 1.29 is 27.8 Å². The largest absolute Gasteiger partial charge is 0.492 e. The van der Waals surface area contributed by atoms with Crippen LogP contribution in [0.1, 0.15) is 30.1 Å². The number of nitrogens with one attached hydrogen (secondary N) is 1. The van der Waals surface area contributed by atoms with Crippen molar-refractivity contribution >= 4 is 22.5 Å². The molecule has 37 heavy (non-hydrogen) atoms. The van der Waals surface area contributed by atoms with E-state index in [2.05, 4.69) is 15.3 Å². The predicted molar refractivity (Wildman–Crippen MR) is 133 cm³/mol. The lowest BCUT2D eigenvalue weighted by Crippen LogP contribution is -2.23. The maximum atomic E-state index is 14.9. The SMILES string of the molecule is C[C@H](N)COc1ccc2c(Oc3c(F)cc(NC(=O)c4cnccc4OC4CC4)cc3F)ccnc2c1. The molecule has 10 heteroatoms. The van der Waals surface area contributed by atoms with Gasteiger partial charge in [0.1, 0.15) is 23.9 Å². The Morgan fingerprint density at radius 1 is 1.11 bits per heavy atom. The standard InChI is InChI=1S/C27H24F2N4O4/c1-15(30)14-35-18-4-5-19-23(12-18)32-9-7-24(19)37-26-21(28)10-16(11-22(26)29)33-27(34)20-13-31-8-6-25(20)36-17-2-3-17/h4-13,15,17H,2-3,14,30H2,1H3,(H,33,34)/t15-/m0/s1. The monoisotopic (exact) mass is 506 g/mol. The van der Waals surface area contributed by atoms with Crippen LogP contribution in [0, 0.1) is 11.6 Å². The highest BCUT2D eigenvalue weighted by molar-refractivity contribution is 6.06. The first-order valence-corrected chi connectivity index (χ1v) is 11.7. The molecule has 2 aromatic carbocycles. The number of ether oxygens (including phenoxy) is 3. The summed E-state index contributed by atoms with van der Waals surface area (Å²) in [5.74, 6) is -2.05. The smallest absolute Gasteiger partial charge is 0.261 e. The van der Waals surface area contributed by atoms with Crippen molar-refractivity contribution in [3.63, 3.8) is 0 Å². The summed E-state index contributed by atoms with van der Waals surface area (Å²) < 4.78 is 46.8. The zero-order valence-electron chi connectivity index (χ0n) is 19.9. The minimum absolute atomic E-state index is 0.0679. The molecule has 3 N–H and O–H groups in total. The number of carbonyl (C=O) groups excluding carboxylic acids is 1. The van der Waals surface area contributed by atoms with Gasteiger partial charge < -0.3 is 25.3 Å². The van der Waals surface area contributed by atoms with E-state index in [0.29, 0.717) is 29.0 Å². The van der Waals surface area contributed by atoms with E-state index >= 15 is 0 Å². The number of nitrogens with two attached hydrogens (primary N) is 1. The first-order valence-electron chi connectivity index (χ1n) is 11.7. The van der Waals surface area contributed by atoms with Gasteiger partial charge in [0.2, 0.25) is 0 Å². The van der Waals surface area contributed by atoms with Gasteiger partial charge in [0.25, 0.3) is 5.91 Å². The van der Waals surface area contributed by atoms with E-state index in [1.54, 1.807) is 24.3 Å². The van der Waals surface area contributed by atoms with E-state index in [9.17, 15) is 13.6 Å². The maximum Gasteiger partial charge on any atom is 0.261 e. The average Bonchev–Trinajstić information content (AvgIpc) is 3.69. The van der Waals surface area contributed by atoms with Crippen LogP contribution in [0.5, 0.6) is 23.0 Å². The summed E-state index contributed by atoms with van der Waals surface area (Å²) in [7, 11) is 0. The Labute approximate surface area is 211 Å². The fourth-order valence-corrected chi connectivity index (χ4v) is 3.57. The Balaban J connectivity index is 1.35. The molecule has 2 aromatic heterocycles. The molecular weight excluding hydrogens is 482 g/mol. The van der Waals surface area contributed by atoms with E-state index in [4.69, 9.17) is 19.9 Å². The molecule has 1 saturated carbocycles. The van der Waals surface area contributed by atoms with Crippen LogP contribution in [0.2, 0.25) is 0 Å². The Kier molecular flexibility index (Phi) is 6.82. The van der Waals surface area contributed by atoms with Gasteiger partial charge in [-0.05, 0) is 44.0 Å². The fourth-order valence-electron chi connectivity index (χ4n) is 3.57. The number of aromatic nitrogens is 2. The highest BCUT2D eigenvalue weighted by Gasteiger charge is 2.26. The molecule has 5 rings (SSSR count). The summed E-state index contributed by atoms with van der Waals surface area (Å²) in [6.07, 6.45) is 6.22. The van der Waals surface area contributed by atoms with E-state index < -0.39 is 23.3 Å². The van der Waals surface area contributed by atoms with Crippen LogP contribution in [0.4, 0.5) is 14.5 Å². The maximum absolute atomic E-state index is 14.9. The van der Waals surface area contributed by atoms with Gasteiger partial charge in [0.15, 0.2) is 17.4 Å². The van der Waals surface area contributed by atoms with Crippen molar-refractivity contribution in [2.45, 2.75) is 31.9 Å². The molecule has 0 radical (unpaired) electrons. The Morgan fingerprint density at radius 2 is 1.86 bits per heavy atom. The summed E-state index contributed by atoms with van der Waals surface area (Å²) in [4.78, 5) is 21.0. The van der Waals surface area contributed by atoms with Crippen LogP contribution >= 0.6 is 0 Å². The molecule has 1 fully saturated rings. The molecule has 0 saturated heterocycles. The third-order valence-electron chi connectivity index (χ3n) is 5.50. The molecule has 190 valence electrons. The summed E-state index contributed by atoms with van der Waals surface area (Å²) >= 11 is 0. The summed E-state index contributed by atoms with van der Waals surface area (Å²) in [5, 5.41) is 3.03. The van der Waals surface area contributed by atoms with Crippen molar-refractivity contribution in [2.75, 3.05) is 11.9 Å². The van der Waals surface area contributed by atoms with Gasteiger partial charge in [-0.25, -0.2) is 8.78 Å². The molecule has 1 aliphatic carbocycles. The van der Waals surface area contributed by atoms with Crippen molar-refractivity contribution in [1.82, 2.24) is 9.97 Å². The lowest BCUT2D eigenvalue weighted by Gasteiger charge is -2.14. The van der Waals surface area contributed by atoms with Gasteiger partial charge >= 0.3 is 0 Å². The minimum Gasteiger partial charge on any atom is -0.492 e. The summed E-state index contributed by atoms with van der Waals surface area (Å²) in [5.41, 5.74) is 6.33. The molecule has 0 unspecified atom stereocenters. The van der Waals surface area contributed by atoms with Crippen LogP contribution in [0.3, 0.4) is 0 Å². The van der Waals surface area contributed by atoms with Crippen LogP contribution in [0.15, 0.2) is 61.1 Å². The number of halogens is 2. The number of nitrogens with zero attached hydrogens (tertiary/aromatic N) is 2. The van der Waals surface area contributed by atoms with E-state index in [1.807, 2.05) is 6.92 Å². The Bertz CT molecular complexity index is 1440. The number of carbonyl (C=O) groups is 1. The quantitative estimate of drug-likeness (QED) is 0.320. The number of hydrogen-bond acceptors (Lipinski definition) is 7. The highest BCUT2D eigenvalue weighted by atomic mass is 19.1. The number of benzene rings is 2. The highest BCUT2D eigenvalue weighted by Crippen LogP contribution is 2.35. The topological polar surface area (TPSA) is 109 Å². The van der Waals surface area contributed by atoms with Gasteiger partial charge in [0.05, 0.1) is 17.2 Å². The van der Waals surface area contributed by atoms with Gasteiger partial charge in [-0.1, -0.05) is 0 Å². The first kappa shape index (κ1) is 24.4. The number of anilines is 1. The molecule has 2 heterocycles. The molecule has 1 atom stereocenters. The second-order valence-electron chi connectivity index (χ2n) is 8.79. The van der Waals surface area contributed by atoms with Crippen LogP contribution in [-0.4, -0.2) is 34.6 Å². The molecule has 0 aliphatic heterocycles. The fraction of sp³-hybridized carbons (Fsp3) is 0.222. The van der Waals surface area contributed by atoms with Crippen molar-refractivity contribution in [2.24, 2.45) is 5.73 Å². The van der Waals surface area contributed by atoms with Gasteiger partial charge in [-0.2, -0.15) is 0 Å². The number of fused-ring (bicyclic) bond motifs is 1. The molecular formula is C27H24F2N4O4. The number of rotatable bonds is 9. The number of pyridine rings is 2. The predicted octanol–water partition coefficient (Wildman–Crippen LogP) is 5.22. The third-order valence-corrected chi connectivity index (χ3v) is 5.50. The number of hydrogen-bond donors (Lipinski definition) is 2. The van der Waals surface area contributed by atoms with Crippen LogP contribution in [-0.2, 0) is 0 Å². The van der Waals surface area contributed by atoms with Gasteiger partial charge in [0, 0.05) is 53.9 Å². The van der Waals surface area contributed by atoms with Crippen LogP contribution in [0.25, 0.3) is 10.9 Å². The lowest BCUT2D eigenvalue weighted by atomic mass is 10.2. The molecule has 0 bridgehead atoms. The zero-order chi connectivity index (χ0) is 25.9. The lowest BCUT2D eigenvalue weighted by molar-refractivity contribution is 0.102. The first-order chi connectivity index (χ1) is 17.9. The minimum atomic E-state index is -0.988. The summed E-state index contributed by atoms with van der Waals surface area (Å²) in [6.45, 7) is 2.15. The van der Waals surface area contributed by atoms with Crippen molar-refractivity contribution in [3.05, 3.63) is 78.3 Å². The zero-order valence-corrected chi connectivity index (χ0v) is 19.9. The second-order valence-corrected chi connectivity index (χ2v) is 8.79. The number of amides is 1. The van der Waals surface area contributed by atoms with E-state index in [0.717, 1.165) is 25.0 Å². The summed E-state index contributed by atoms with van der Waals surface area (Å²) in [6, 6.07) is 9.99. The van der Waals surface area contributed by atoms with Crippen molar-refractivity contribution in [3.8, 4) is 23.0 Å². The molecule has 1 aliphatic rings. The van der Waals surface area contributed by atoms with Crippen LogP contribution < -0.4 is 25.3 Å². The Hall–Kier alpha value is -4.31. The molecule has 8 nitrogen and oxygen atoms in total. The van der Waals surface area contributed by atoms with E-state index in [1.165, 1.54) is 24.7 Å². The third kappa shape index (κ3) is 5.75. The van der Waals surface area contributed by atoms with E-state index in [-0.39, 0.29) is 29.1 Å².